The largest absolute Gasteiger partial charge is 0.471 e. The smallest absolute Gasteiger partial charge is 0.320 e. The third kappa shape index (κ3) is 7.02. The number of nitrogens with zero attached hydrogens (tertiary/aromatic N) is 2. The van der Waals surface area contributed by atoms with Crippen LogP contribution in [0.2, 0.25) is 0 Å². The minimum absolute atomic E-state index is 0.129. The lowest BCUT2D eigenvalue weighted by Gasteiger charge is -2.15. The van der Waals surface area contributed by atoms with Crippen molar-refractivity contribution in [2.24, 2.45) is 10.7 Å². The fourth-order valence-corrected chi connectivity index (χ4v) is 2.05. The number of hydrogen-bond acceptors (Lipinski definition) is 6. The maximum absolute atomic E-state index is 12.0. The molecule has 144 valence electrons. The Labute approximate surface area is 157 Å². The Morgan fingerprint density at radius 1 is 1.33 bits per heavy atom. The number of benzene rings is 1. The zero-order chi connectivity index (χ0) is 20.2. The highest BCUT2D eigenvalue weighted by Gasteiger charge is 2.11. The number of nitrogens with one attached hydrogen (secondary N) is 2. The fourth-order valence-electron chi connectivity index (χ4n) is 2.05. The SMILES string of the molecule is CN=C(N)c1cnc(NC(=O)NC(C)c2ccccc2)cc1N.COC=O. The molecule has 2 amide bonds. The molecule has 0 aliphatic carbocycles. The van der Waals surface area contributed by atoms with Gasteiger partial charge in [-0.3, -0.25) is 15.1 Å². The molecule has 9 heteroatoms. The summed E-state index contributed by atoms with van der Waals surface area (Å²) in [6, 6.07) is 10.7. The lowest BCUT2D eigenvalue weighted by molar-refractivity contribution is -0.126. The fraction of sp³-hybridized carbons (Fsp3) is 0.222. The van der Waals surface area contributed by atoms with Gasteiger partial charge in [-0.05, 0) is 12.5 Å². The maximum Gasteiger partial charge on any atom is 0.320 e. The van der Waals surface area contributed by atoms with Gasteiger partial charge in [0.1, 0.15) is 11.7 Å². The monoisotopic (exact) mass is 372 g/mol. The van der Waals surface area contributed by atoms with Crippen LogP contribution in [0.5, 0.6) is 0 Å². The molecule has 0 aliphatic rings. The average molecular weight is 372 g/mol. The molecule has 9 nitrogen and oxygen atoms in total. The van der Waals surface area contributed by atoms with E-state index in [0.717, 1.165) is 5.56 Å². The highest BCUT2D eigenvalue weighted by molar-refractivity contribution is 6.02. The number of anilines is 2. The Hall–Kier alpha value is -3.62. The first-order chi connectivity index (χ1) is 12.9. The molecule has 0 saturated heterocycles. The molecule has 27 heavy (non-hydrogen) atoms. The van der Waals surface area contributed by atoms with E-state index < -0.39 is 0 Å². The number of rotatable bonds is 5. The van der Waals surface area contributed by atoms with Crippen LogP contribution in [0.1, 0.15) is 24.1 Å². The highest BCUT2D eigenvalue weighted by Crippen LogP contribution is 2.15. The van der Waals surface area contributed by atoms with Crippen molar-refractivity contribution >= 4 is 29.8 Å². The molecule has 0 fully saturated rings. The van der Waals surface area contributed by atoms with E-state index >= 15 is 0 Å². The highest BCUT2D eigenvalue weighted by atomic mass is 16.5. The van der Waals surface area contributed by atoms with Crippen LogP contribution in [0.15, 0.2) is 47.6 Å². The van der Waals surface area contributed by atoms with Crippen molar-refractivity contribution in [1.82, 2.24) is 10.3 Å². The molecule has 0 radical (unpaired) electrons. The number of carbonyl (C=O) groups excluding carboxylic acids is 2. The number of aliphatic imine (C=N–C) groups is 1. The lowest BCUT2D eigenvalue weighted by Crippen LogP contribution is -2.31. The van der Waals surface area contributed by atoms with Gasteiger partial charge in [0.25, 0.3) is 6.47 Å². The van der Waals surface area contributed by atoms with Crippen LogP contribution < -0.4 is 22.1 Å². The van der Waals surface area contributed by atoms with Gasteiger partial charge in [0.15, 0.2) is 0 Å². The first-order valence-electron chi connectivity index (χ1n) is 8.00. The van der Waals surface area contributed by atoms with Gasteiger partial charge in [0, 0.05) is 25.0 Å². The first kappa shape index (κ1) is 21.4. The molecule has 1 heterocycles. The number of amides is 2. The molecule has 1 atom stereocenters. The normalized spacial score (nSPS) is 11.4. The van der Waals surface area contributed by atoms with E-state index in [-0.39, 0.29) is 12.1 Å². The predicted octanol–water partition coefficient (Wildman–Crippen LogP) is 1.67. The summed E-state index contributed by atoms with van der Waals surface area (Å²) < 4.78 is 3.86. The van der Waals surface area contributed by atoms with Gasteiger partial charge >= 0.3 is 6.03 Å². The van der Waals surface area contributed by atoms with Gasteiger partial charge in [-0.1, -0.05) is 30.3 Å². The molecule has 1 aromatic heterocycles. The number of hydrogen-bond donors (Lipinski definition) is 4. The van der Waals surface area contributed by atoms with Gasteiger partial charge in [0.2, 0.25) is 0 Å². The predicted molar refractivity (Wildman–Crippen MR) is 105 cm³/mol. The Bertz CT molecular complexity index is 780. The zero-order valence-electron chi connectivity index (χ0n) is 15.5. The van der Waals surface area contributed by atoms with E-state index in [2.05, 4.69) is 25.3 Å². The van der Waals surface area contributed by atoms with E-state index in [9.17, 15) is 4.79 Å². The van der Waals surface area contributed by atoms with Crippen LogP contribution in [-0.2, 0) is 9.53 Å². The Morgan fingerprint density at radius 3 is 2.48 bits per heavy atom. The molecule has 1 unspecified atom stereocenters. The average Bonchev–Trinajstić information content (AvgIpc) is 2.68. The van der Waals surface area contributed by atoms with Gasteiger partial charge in [-0.2, -0.15) is 0 Å². The number of methoxy groups -OCH3 is 1. The van der Waals surface area contributed by atoms with Crippen molar-refractivity contribution < 1.29 is 14.3 Å². The standard InChI is InChI=1S/C16H20N6O.C2H4O2/c1-10(11-6-4-3-5-7-11)21-16(23)22-14-8-13(17)12(9-20-14)15(18)19-2;1-4-2-3/h3-10H,1-2H3,(H2,18,19)(H4,17,20,21,22,23);2H,1H3. The molecule has 2 aromatic rings. The van der Waals surface area contributed by atoms with Crippen LogP contribution >= 0.6 is 0 Å². The van der Waals surface area contributed by atoms with Crippen molar-refractivity contribution in [3.8, 4) is 0 Å². The summed E-state index contributed by atoms with van der Waals surface area (Å²) in [7, 11) is 2.88. The van der Waals surface area contributed by atoms with Gasteiger partial charge in [-0.25, -0.2) is 9.78 Å². The van der Waals surface area contributed by atoms with Crippen molar-refractivity contribution in [2.45, 2.75) is 13.0 Å². The number of nitrogens with two attached hydrogens (primary N) is 2. The maximum atomic E-state index is 12.0. The van der Waals surface area contributed by atoms with Crippen LogP contribution in [0, 0.1) is 0 Å². The summed E-state index contributed by atoms with van der Waals surface area (Å²) in [5, 5.41) is 5.48. The minimum atomic E-state index is -0.363. The quantitative estimate of drug-likeness (QED) is 0.357. The van der Waals surface area contributed by atoms with Crippen molar-refractivity contribution in [3.05, 3.63) is 53.7 Å². The van der Waals surface area contributed by atoms with Gasteiger partial charge in [-0.15, -0.1) is 0 Å². The lowest BCUT2D eigenvalue weighted by atomic mass is 10.1. The van der Waals surface area contributed by atoms with Gasteiger partial charge < -0.3 is 21.5 Å². The van der Waals surface area contributed by atoms with Crippen LogP contribution in [-0.4, -0.2) is 37.5 Å². The number of ether oxygens (including phenoxy) is 1. The van der Waals surface area contributed by atoms with E-state index in [1.165, 1.54) is 13.3 Å². The van der Waals surface area contributed by atoms with Crippen LogP contribution in [0.4, 0.5) is 16.3 Å². The second kappa shape index (κ2) is 11.1. The summed E-state index contributed by atoms with van der Waals surface area (Å²) in [5.74, 6) is 0.636. The molecule has 6 N–H and O–H groups in total. The zero-order valence-corrected chi connectivity index (χ0v) is 15.5. The topological polar surface area (TPSA) is 145 Å². The third-order valence-electron chi connectivity index (χ3n) is 3.44. The first-order valence-corrected chi connectivity index (χ1v) is 8.00. The Balaban J connectivity index is 0.000000828. The number of urea groups is 1. The van der Waals surface area contributed by atoms with E-state index in [1.807, 2.05) is 37.3 Å². The summed E-state index contributed by atoms with van der Waals surface area (Å²) in [4.78, 5) is 29.0. The number of aromatic nitrogens is 1. The molecular weight excluding hydrogens is 348 g/mol. The van der Waals surface area contributed by atoms with Gasteiger partial charge in [0.05, 0.1) is 18.7 Å². The number of carbonyl (C=O) groups is 2. The molecule has 0 aliphatic heterocycles. The van der Waals surface area contributed by atoms with Crippen LogP contribution in [0.3, 0.4) is 0 Å². The second-order valence-corrected chi connectivity index (χ2v) is 5.33. The minimum Gasteiger partial charge on any atom is -0.471 e. The molecule has 1 aromatic carbocycles. The van der Waals surface area contributed by atoms with E-state index in [1.54, 1.807) is 13.1 Å². The molecular formula is C18H24N6O3. The molecule has 0 bridgehead atoms. The van der Waals surface area contributed by atoms with Crippen molar-refractivity contribution in [3.63, 3.8) is 0 Å². The van der Waals surface area contributed by atoms with E-state index in [0.29, 0.717) is 29.4 Å². The molecule has 2 rings (SSSR count). The van der Waals surface area contributed by atoms with Crippen molar-refractivity contribution in [2.75, 3.05) is 25.2 Å². The summed E-state index contributed by atoms with van der Waals surface area (Å²) >= 11 is 0. The van der Waals surface area contributed by atoms with E-state index in [4.69, 9.17) is 16.3 Å². The molecule has 0 spiro atoms. The van der Waals surface area contributed by atoms with Crippen LogP contribution in [0.25, 0.3) is 0 Å². The third-order valence-corrected chi connectivity index (χ3v) is 3.44. The number of nitrogen functional groups attached to an aromatic ring is 1. The van der Waals surface area contributed by atoms with Crippen molar-refractivity contribution in [1.29, 1.82) is 0 Å². The molecule has 0 saturated carbocycles. The summed E-state index contributed by atoms with van der Waals surface area (Å²) in [5.41, 5.74) is 13.5. The summed E-state index contributed by atoms with van der Waals surface area (Å²) in [6.07, 6.45) is 1.48. The second-order valence-electron chi connectivity index (χ2n) is 5.33. The number of amidine groups is 1. The Kier molecular flexibility index (Phi) is 8.79. The Morgan fingerprint density at radius 2 is 1.96 bits per heavy atom. The number of pyridine rings is 1. The summed E-state index contributed by atoms with van der Waals surface area (Å²) in [6.45, 7) is 2.28.